The second-order valence-corrected chi connectivity index (χ2v) is 8.07. The summed E-state index contributed by atoms with van der Waals surface area (Å²) in [4.78, 5) is 18.6. The van der Waals surface area contributed by atoms with E-state index in [9.17, 15) is 0 Å². The minimum Gasteiger partial charge on any atom is -0.443 e. The number of aryl methyl sites for hydroxylation is 3. The molecular formula is C19H26N6OS. The Hall–Kier alpha value is -2.03. The van der Waals surface area contributed by atoms with Gasteiger partial charge in [0.25, 0.3) is 0 Å². The molecule has 0 aliphatic carbocycles. The van der Waals surface area contributed by atoms with E-state index in [-0.39, 0.29) is 0 Å². The third-order valence-electron chi connectivity index (χ3n) is 5.22. The van der Waals surface area contributed by atoms with E-state index in [0.717, 1.165) is 61.7 Å². The van der Waals surface area contributed by atoms with Crippen LogP contribution in [0.3, 0.4) is 0 Å². The van der Waals surface area contributed by atoms with Crippen molar-refractivity contribution in [1.29, 1.82) is 0 Å². The molecule has 0 spiro atoms. The van der Waals surface area contributed by atoms with Gasteiger partial charge in [0.1, 0.15) is 17.4 Å². The van der Waals surface area contributed by atoms with Crippen LogP contribution in [0, 0.1) is 13.8 Å². The van der Waals surface area contributed by atoms with Crippen molar-refractivity contribution >= 4 is 28.3 Å². The van der Waals surface area contributed by atoms with Gasteiger partial charge >= 0.3 is 0 Å². The zero-order valence-electron chi connectivity index (χ0n) is 16.2. The molecule has 0 unspecified atom stereocenters. The molecule has 0 aromatic carbocycles. The van der Waals surface area contributed by atoms with E-state index in [2.05, 4.69) is 37.1 Å². The molecule has 1 aliphatic heterocycles. The summed E-state index contributed by atoms with van der Waals surface area (Å²) in [5, 5.41) is 4.25. The zero-order valence-corrected chi connectivity index (χ0v) is 17.0. The van der Waals surface area contributed by atoms with Crippen LogP contribution >= 0.6 is 11.3 Å². The first kappa shape index (κ1) is 18.3. The summed E-state index contributed by atoms with van der Waals surface area (Å²) in [6.07, 6.45) is 1.01. The lowest BCUT2D eigenvalue weighted by Crippen LogP contribution is -2.45. The molecule has 0 atom stereocenters. The molecule has 1 aliphatic rings. The molecule has 27 heavy (non-hydrogen) atoms. The van der Waals surface area contributed by atoms with Gasteiger partial charge in [0.2, 0.25) is 5.71 Å². The van der Waals surface area contributed by atoms with Gasteiger partial charge in [0.05, 0.1) is 22.6 Å². The Kier molecular flexibility index (Phi) is 5.12. The van der Waals surface area contributed by atoms with E-state index in [1.165, 1.54) is 10.7 Å². The second kappa shape index (κ2) is 7.53. The van der Waals surface area contributed by atoms with Crippen molar-refractivity contribution in [2.24, 2.45) is 0 Å². The Labute approximate surface area is 163 Å². The van der Waals surface area contributed by atoms with Gasteiger partial charge in [-0.05, 0) is 20.3 Å². The van der Waals surface area contributed by atoms with E-state index >= 15 is 0 Å². The van der Waals surface area contributed by atoms with Crippen molar-refractivity contribution in [3.63, 3.8) is 0 Å². The van der Waals surface area contributed by atoms with E-state index in [1.807, 2.05) is 13.8 Å². The van der Waals surface area contributed by atoms with Crippen molar-refractivity contribution in [1.82, 2.24) is 24.8 Å². The van der Waals surface area contributed by atoms with Crippen LogP contribution in [0.5, 0.6) is 0 Å². The predicted molar refractivity (Wildman–Crippen MR) is 108 cm³/mol. The van der Waals surface area contributed by atoms with E-state index in [4.69, 9.17) is 10.2 Å². The first-order chi connectivity index (χ1) is 13.0. The zero-order chi connectivity index (χ0) is 19.0. The third kappa shape index (κ3) is 3.83. The van der Waals surface area contributed by atoms with E-state index in [0.29, 0.717) is 18.1 Å². The summed E-state index contributed by atoms with van der Waals surface area (Å²) in [6.45, 7) is 11.7. The molecule has 0 amide bonds. The summed E-state index contributed by atoms with van der Waals surface area (Å²) in [5.74, 6) is 2.09. The summed E-state index contributed by atoms with van der Waals surface area (Å²) < 4.78 is 5.74. The number of piperazine rings is 1. The number of aromatic nitrogens is 3. The molecule has 4 heterocycles. The molecule has 3 aromatic rings. The first-order valence-electron chi connectivity index (χ1n) is 9.43. The van der Waals surface area contributed by atoms with Crippen LogP contribution in [-0.2, 0) is 19.5 Å². The van der Waals surface area contributed by atoms with Crippen molar-refractivity contribution in [3.05, 3.63) is 33.2 Å². The number of thiazole rings is 1. The fourth-order valence-electron chi connectivity index (χ4n) is 3.52. The maximum Gasteiger partial charge on any atom is 0.231 e. The molecule has 0 bridgehead atoms. The van der Waals surface area contributed by atoms with Crippen LogP contribution in [0.1, 0.15) is 34.8 Å². The lowest BCUT2D eigenvalue weighted by molar-refractivity contribution is 0.119. The standard InChI is InChI=1S/C19H26N6OS/c1-4-16-21-14(11-27-16)9-24-5-7-25(8-6-24)10-15-22-18(20)17-12(2)13(3)26-19(17)23-15/h11H,4-10H2,1-3H3,(H2,20,22,23). The molecule has 1 fully saturated rings. The molecule has 1 saturated heterocycles. The highest BCUT2D eigenvalue weighted by Gasteiger charge is 2.20. The van der Waals surface area contributed by atoms with Crippen molar-refractivity contribution in [2.75, 3.05) is 31.9 Å². The van der Waals surface area contributed by atoms with Gasteiger partial charge in [-0.15, -0.1) is 11.3 Å². The van der Waals surface area contributed by atoms with Crippen LogP contribution < -0.4 is 5.73 Å². The van der Waals surface area contributed by atoms with Gasteiger partial charge in [-0.2, -0.15) is 4.98 Å². The Morgan fingerprint density at radius 2 is 1.78 bits per heavy atom. The number of rotatable bonds is 5. The van der Waals surface area contributed by atoms with Gasteiger partial charge in [0, 0.05) is 43.7 Å². The highest BCUT2D eigenvalue weighted by molar-refractivity contribution is 7.09. The first-order valence-corrected chi connectivity index (χ1v) is 10.3. The Bertz CT molecular complexity index is 941. The molecule has 144 valence electrons. The average Bonchev–Trinajstić information content (AvgIpc) is 3.21. The Balaban J connectivity index is 1.37. The summed E-state index contributed by atoms with van der Waals surface area (Å²) in [7, 11) is 0. The molecule has 0 saturated carbocycles. The summed E-state index contributed by atoms with van der Waals surface area (Å²) >= 11 is 1.76. The van der Waals surface area contributed by atoms with Gasteiger partial charge in [-0.1, -0.05) is 6.92 Å². The number of hydrogen-bond donors (Lipinski definition) is 1. The average molecular weight is 387 g/mol. The molecule has 3 aromatic heterocycles. The highest BCUT2D eigenvalue weighted by atomic mass is 32.1. The topological polar surface area (TPSA) is 84.3 Å². The van der Waals surface area contributed by atoms with Gasteiger partial charge in [0.15, 0.2) is 0 Å². The van der Waals surface area contributed by atoms with Crippen molar-refractivity contribution in [3.8, 4) is 0 Å². The molecule has 2 N–H and O–H groups in total. The number of anilines is 1. The van der Waals surface area contributed by atoms with E-state index < -0.39 is 0 Å². The number of nitrogens with zero attached hydrogens (tertiary/aromatic N) is 5. The SMILES string of the molecule is CCc1nc(CN2CCN(Cc3nc(N)c4c(C)c(C)oc4n3)CC2)cs1. The smallest absolute Gasteiger partial charge is 0.231 e. The number of nitrogens with two attached hydrogens (primary N) is 1. The molecule has 8 heteroatoms. The number of hydrogen-bond acceptors (Lipinski definition) is 8. The normalized spacial score (nSPS) is 16.4. The van der Waals surface area contributed by atoms with Crippen molar-refractivity contribution < 1.29 is 4.42 Å². The number of furan rings is 1. The minimum absolute atomic E-state index is 0.512. The van der Waals surface area contributed by atoms with Gasteiger partial charge < -0.3 is 10.2 Å². The molecule has 0 radical (unpaired) electrons. The Morgan fingerprint density at radius 1 is 1.07 bits per heavy atom. The van der Waals surface area contributed by atoms with Gasteiger partial charge in [-0.25, -0.2) is 9.97 Å². The van der Waals surface area contributed by atoms with E-state index in [1.54, 1.807) is 11.3 Å². The van der Waals surface area contributed by atoms with Crippen molar-refractivity contribution in [2.45, 2.75) is 40.3 Å². The maximum absolute atomic E-state index is 6.15. The quantitative estimate of drug-likeness (QED) is 0.722. The third-order valence-corrected chi connectivity index (χ3v) is 6.26. The largest absolute Gasteiger partial charge is 0.443 e. The van der Waals surface area contributed by atoms with Crippen LogP contribution in [0.25, 0.3) is 11.1 Å². The van der Waals surface area contributed by atoms with Gasteiger partial charge in [-0.3, -0.25) is 9.80 Å². The number of fused-ring (bicyclic) bond motifs is 1. The van der Waals surface area contributed by atoms with Crippen LogP contribution in [-0.4, -0.2) is 50.9 Å². The lowest BCUT2D eigenvalue weighted by Gasteiger charge is -2.33. The fraction of sp³-hybridized carbons (Fsp3) is 0.526. The summed E-state index contributed by atoms with van der Waals surface area (Å²) in [6, 6.07) is 0. The molecular weight excluding hydrogens is 360 g/mol. The second-order valence-electron chi connectivity index (χ2n) is 7.13. The highest BCUT2D eigenvalue weighted by Crippen LogP contribution is 2.27. The fourth-order valence-corrected chi connectivity index (χ4v) is 4.25. The van der Waals surface area contributed by atoms with Crippen LogP contribution in [0.15, 0.2) is 9.80 Å². The van der Waals surface area contributed by atoms with Crippen LogP contribution in [0.2, 0.25) is 0 Å². The van der Waals surface area contributed by atoms with Crippen LogP contribution in [0.4, 0.5) is 5.82 Å². The minimum atomic E-state index is 0.512. The number of nitrogen functional groups attached to an aromatic ring is 1. The predicted octanol–water partition coefficient (Wildman–Crippen LogP) is 2.76. The molecule has 4 rings (SSSR count). The lowest BCUT2D eigenvalue weighted by atomic mass is 10.2. The monoisotopic (exact) mass is 386 g/mol. The summed E-state index contributed by atoms with van der Waals surface area (Å²) in [5.41, 5.74) is 8.97. The Morgan fingerprint density at radius 3 is 2.44 bits per heavy atom. The molecule has 7 nitrogen and oxygen atoms in total. The maximum atomic E-state index is 6.15.